The van der Waals surface area contributed by atoms with Crippen LogP contribution in [0, 0.1) is 18.7 Å². The zero-order valence-electron chi connectivity index (χ0n) is 20.7. The van der Waals surface area contributed by atoms with Crippen LogP contribution in [0.4, 0.5) is 4.39 Å². The van der Waals surface area contributed by atoms with Gasteiger partial charge in [-0.15, -0.1) is 0 Å². The average molecular weight is 519 g/mol. The second-order valence-electron chi connectivity index (χ2n) is 8.98. The number of aliphatic hydroxyl groups is 1. The molecular weight excluding hydrogens is 487 g/mol. The van der Waals surface area contributed by atoms with Crippen molar-refractivity contribution in [2.24, 2.45) is 5.92 Å². The number of aromatic nitrogens is 1. The van der Waals surface area contributed by atoms with Crippen LogP contribution in [0.3, 0.4) is 0 Å². The van der Waals surface area contributed by atoms with E-state index in [1.807, 2.05) is 13.8 Å². The van der Waals surface area contributed by atoms with E-state index in [1.54, 1.807) is 35.8 Å². The number of ether oxygens (including phenoxy) is 1. The summed E-state index contributed by atoms with van der Waals surface area (Å²) >= 11 is 0. The van der Waals surface area contributed by atoms with E-state index in [-0.39, 0.29) is 43.3 Å². The summed E-state index contributed by atoms with van der Waals surface area (Å²) in [6.07, 6.45) is 2.86. The molecule has 2 atom stereocenters. The van der Waals surface area contributed by atoms with Gasteiger partial charge in [0.25, 0.3) is 0 Å². The van der Waals surface area contributed by atoms with Crippen LogP contribution in [0.2, 0.25) is 0 Å². The van der Waals surface area contributed by atoms with E-state index < -0.39 is 34.0 Å². The predicted octanol–water partition coefficient (Wildman–Crippen LogP) is 3.19. The van der Waals surface area contributed by atoms with Crippen LogP contribution < -0.4 is 14.9 Å². The number of benzene rings is 2. The molecule has 0 spiro atoms. The number of aliphatic hydroxyl groups excluding tert-OH is 1. The highest BCUT2D eigenvalue weighted by Crippen LogP contribution is 2.31. The fraction of sp³-hybridized carbons (Fsp3) is 0.385. The van der Waals surface area contributed by atoms with Gasteiger partial charge >= 0.3 is 5.97 Å². The highest BCUT2D eigenvalue weighted by molar-refractivity contribution is 7.82. The Morgan fingerprint density at radius 2 is 1.97 bits per heavy atom. The van der Waals surface area contributed by atoms with Crippen molar-refractivity contribution in [1.82, 2.24) is 9.29 Å². The molecule has 0 aliphatic heterocycles. The van der Waals surface area contributed by atoms with E-state index in [4.69, 9.17) is 4.74 Å². The molecule has 3 aromatic rings. The first-order valence-corrected chi connectivity index (χ1v) is 13.1. The molecule has 3 N–H and O–H groups in total. The van der Waals surface area contributed by atoms with Crippen molar-refractivity contribution in [3.8, 4) is 5.75 Å². The minimum absolute atomic E-state index is 0.0727. The number of nitrogens with one attached hydrogen (secondary N) is 1. The van der Waals surface area contributed by atoms with Gasteiger partial charge in [0.05, 0.1) is 29.2 Å². The lowest BCUT2D eigenvalue weighted by molar-refractivity contribution is 0.0694. The number of hydrogen-bond donors (Lipinski definition) is 3. The number of nitrogens with zero attached hydrogens (tertiary/aromatic N) is 1. The van der Waals surface area contributed by atoms with Gasteiger partial charge in [0.2, 0.25) is 5.43 Å². The number of fused-ring (bicyclic) bond motifs is 1. The average Bonchev–Trinajstić information content (AvgIpc) is 2.81. The summed E-state index contributed by atoms with van der Waals surface area (Å²) in [4.78, 5) is 25.0. The lowest BCUT2D eigenvalue weighted by Crippen LogP contribution is -2.26. The SMILES string of the molecule is Cc1cccc(Cc2cc3c(=O)c(C(=O)O)cn([C@H](CO)C(C)C)c3cc2OCCNS(C)=O)c1F. The van der Waals surface area contributed by atoms with Gasteiger partial charge in [-0.25, -0.2) is 18.1 Å². The number of rotatable bonds is 11. The smallest absolute Gasteiger partial charge is 0.341 e. The Kier molecular flexibility index (Phi) is 8.99. The zero-order valence-corrected chi connectivity index (χ0v) is 21.5. The van der Waals surface area contributed by atoms with Crippen LogP contribution in [-0.4, -0.2) is 51.0 Å². The van der Waals surface area contributed by atoms with E-state index in [0.717, 1.165) is 0 Å². The Bertz CT molecular complexity index is 1350. The highest BCUT2D eigenvalue weighted by atomic mass is 32.2. The van der Waals surface area contributed by atoms with Crippen LogP contribution in [-0.2, 0) is 17.4 Å². The largest absolute Gasteiger partial charge is 0.492 e. The minimum atomic E-state index is -1.37. The topological polar surface area (TPSA) is 118 Å². The number of pyridine rings is 1. The number of hydrogen-bond acceptors (Lipinski definition) is 5. The third-order valence-corrected chi connectivity index (χ3v) is 6.69. The van der Waals surface area contributed by atoms with Crippen LogP contribution >= 0.6 is 0 Å². The molecule has 3 rings (SSSR count). The molecule has 0 aliphatic carbocycles. The molecule has 10 heteroatoms. The van der Waals surface area contributed by atoms with Crippen LogP contribution in [0.5, 0.6) is 5.75 Å². The quantitative estimate of drug-likeness (QED) is 0.336. The molecule has 0 fully saturated rings. The fourth-order valence-corrected chi connectivity index (χ4v) is 4.51. The van der Waals surface area contributed by atoms with Gasteiger partial charge in [0.1, 0.15) is 23.7 Å². The number of aryl methyl sites for hydroxylation is 1. The summed E-state index contributed by atoms with van der Waals surface area (Å²) in [6.45, 7) is 5.59. The minimum Gasteiger partial charge on any atom is -0.492 e. The third kappa shape index (κ3) is 6.00. The molecule has 0 saturated heterocycles. The summed E-state index contributed by atoms with van der Waals surface area (Å²) in [6, 6.07) is 7.71. The van der Waals surface area contributed by atoms with Gasteiger partial charge in [0.15, 0.2) is 0 Å². The van der Waals surface area contributed by atoms with Crippen LogP contribution in [0.15, 0.2) is 41.3 Å². The van der Waals surface area contributed by atoms with Crippen LogP contribution in [0.1, 0.15) is 46.9 Å². The molecule has 0 saturated carbocycles. The molecule has 194 valence electrons. The second-order valence-corrected chi connectivity index (χ2v) is 10.2. The van der Waals surface area contributed by atoms with Crippen molar-refractivity contribution in [2.75, 3.05) is 26.0 Å². The molecule has 0 bridgehead atoms. The fourth-order valence-electron chi connectivity index (χ4n) is 4.14. The molecule has 0 aliphatic rings. The number of aromatic carboxylic acids is 1. The van der Waals surface area contributed by atoms with Gasteiger partial charge in [-0.2, -0.15) is 0 Å². The molecule has 8 nitrogen and oxygen atoms in total. The maximum atomic E-state index is 14.8. The van der Waals surface area contributed by atoms with Gasteiger partial charge in [-0.05, 0) is 35.6 Å². The first-order valence-electron chi connectivity index (χ1n) is 11.5. The Morgan fingerprint density at radius 1 is 1.25 bits per heavy atom. The Labute approximate surface area is 211 Å². The summed E-state index contributed by atoms with van der Waals surface area (Å²) in [5.74, 6) is -1.44. The van der Waals surface area contributed by atoms with E-state index in [1.165, 1.54) is 18.5 Å². The summed E-state index contributed by atoms with van der Waals surface area (Å²) in [5, 5.41) is 19.9. The van der Waals surface area contributed by atoms with Crippen molar-refractivity contribution < 1.29 is 28.3 Å². The Balaban J connectivity index is 2.26. The molecule has 0 radical (unpaired) electrons. The molecular formula is C26H31FN2O6S. The van der Waals surface area contributed by atoms with Gasteiger partial charge in [-0.3, -0.25) is 4.79 Å². The summed E-state index contributed by atoms with van der Waals surface area (Å²) in [5.41, 5.74) is 0.683. The zero-order chi connectivity index (χ0) is 26.6. The van der Waals surface area contributed by atoms with Crippen molar-refractivity contribution in [3.05, 3.63) is 74.8 Å². The third-order valence-electron chi connectivity index (χ3n) is 6.08. The van der Waals surface area contributed by atoms with Gasteiger partial charge < -0.3 is 19.5 Å². The van der Waals surface area contributed by atoms with Crippen molar-refractivity contribution in [3.63, 3.8) is 0 Å². The second kappa shape index (κ2) is 11.8. The molecule has 36 heavy (non-hydrogen) atoms. The van der Waals surface area contributed by atoms with Crippen molar-refractivity contribution in [1.29, 1.82) is 0 Å². The van der Waals surface area contributed by atoms with Crippen molar-refractivity contribution in [2.45, 2.75) is 33.2 Å². The standard InChI is InChI=1S/C26H31FN2O6S/c1-15(2)22(14-30)29-13-20(26(32)33)25(31)19-11-18(10-17-7-5-6-16(3)24(17)27)23(12-21(19)29)35-9-8-28-36(4)34/h5-7,11-13,15,22,28,30H,8-10,14H2,1-4H3,(H,32,33)/t22-,36?/m1/s1. The monoisotopic (exact) mass is 518 g/mol. The van der Waals surface area contributed by atoms with E-state index in [9.17, 15) is 28.4 Å². The molecule has 1 aromatic heterocycles. The molecule has 1 unspecified atom stereocenters. The maximum absolute atomic E-state index is 14.8. The highest BCUT2D eigenvalue weighted by Gasteiger charge is 2.23. The number of carboxylic acids is 1. The van der Waals surface area contributed by atoms with Gasteiger partial charge in [-0.1, -0.05) is 32.0 Å². The van der Waals surface area contributed by atoms with Crippen molar-refractivity contribution >= 4 is 27.9 Å². The Morgan fingerprint density at radius 3 is 2.58 bits per heavy atom. The van der Waals surface area contributed by atoms with Gasteiger partial charge in [0, 0.05) is 36.9 Å². The maximum Gasteiger partial charge on any atom is 0.341 e. The van der Waals surface area contributed by atoms with E-state index >= 15 is 0 Å². The molecule has 1 heterocycles. The molecule has 0 amide bonds. The Hall–Kier alpha value is -3.08. The summed E-state index contributed by atoms with van der Waals surface area (Å²) in [7, 11) is -1.22. The number of carbonyl (C=O) groups is 1. The normalized spacial score (nSPS) is 13.2. The molecule has 2 aromatic carbocycles. The summed E-state index contributed by atoms with van der Waals surface area (Å²) < 4.78 is 36.5. The first kappa shape index (κ1) is 27.5. The first-order chi connectivity index (χ1) is 17.0. The van der Waals surface area contributed by atoms with Crippen LogP contribution in [0.25, 0.3) is 10.9 Å². The lowest BCUT2D eigenvalue weighted by Gasteiger charge is -2.25. The predicted molar refractivity (Wildman–Crippen MR) is 138 cm³/mol. The van der Waals surface area contributed by atoms with E-state index in [2.05, 4.69) is 4.72 Å². The number of halogens is 1. The lowest BCUT2D eigenvalue weighted by atomic mass is 9.98. The van der Waals surface area contributed by atoms with E-state index in [0.29, 0.717) is 28.0 Å². The number of carboxylic acid groups (broad SMARTS) is 1.